The topological polar surface area (TPSA) is 40.6 Å². The molecule has 3 rings (SSSR count). The van der Waals surface area contributed by atoms with Crippen LogP contribution in [0.3, 0.4) is 0 Å². The molecule has 1 heterocycles. The third kappa shape index (κ3) is 3.00. The molecule has 0 unspecified atom stereocenters. The molecule has 5 heteroatoms. The van der Waals surface area contributed by atoms with Crippen LogP contribution in [0.25, 0.3) is 0 Å². The summed E-state index contributed by atoms with van der Waals surface area (Å²) < 4.78 is 0. The van der Waals surface area contributed by atoms with Crippen molar-refractivity contribution >= 4 is 29.3 Å². The zero-order valence-electron chi connectivity index (χ0n) is 13.0. The van der Waals surface area contributed by atoms with Crippen molar-refractivity contribution in [2.75, 3.05) is 23.7 Å². The Kier molecular flexibility index (Phi) is 4.71. The fourth-order valence-electron chi connectivity index (χ4n) is 3.41. The number of hydrogen-bond acceptors (Lipinski definition) is 3. The van der Waals surface area contributed by atoms with Gasteiger partial charge in [0.2, 0.25) is 11.8 Å². The number of likely N-dealkylation sites (N-methyl/N-ethyl adjacent to an activating group) is 1. The molecule has 1 aromatic rings. The molecule has 2 aliphatic rings. The van der Waals surface area contributed by atoms with Crippen LogP contribution in [-0.4, -0.2) is 41.6 Å². The van der Waals surface area contributed by atoms with Gasteiger partial charge in [-0.2, -0.15) is 0 Å². The quantitative estimate of drug-likeness (QED) is 0.857. The van der Waals surface area contributed by atoms with Crippen molar-refractivity contribution in [1.29, 1.82) is 0 Å². The molecule has 1 aliphatic heterocycles. The number of fused-ring (bicyclic) bond motifs is 1. The fourth-order valence-corrected chi connectivity index (χ4v) is 4.34. The zero-order chi connectivity index (χ0) is 15.5. The van der Waals surface area contributed by atoms with Crippen molar-refractivity contribution in [3.8, 4) is 0 Å². The second kappa shape index (κ2) is 6.73. The highest BCUT2D eigenvalue weighted by molar-refractivity contribution is 8.00. The van der Waals surface area contributed by atoms with Crippen LogP contribution in [0.1, 0.15) is 32.6 Å². The molecule has 0 N–H and O–H groups in total. The van der Waals surface area contributed by atoms with E-state index in [9.17, 15) is 9.59 Å². The highest BCUT2D eigenvalue weighted by Gasteiger charge is 2.30. The number of amides is 2. The van der Waals surface area contributed by atoms with Gasteiger partial charge >= 0.3 is 0 Å². The van der Waals surface area contributed by atoms with Gasteiger partial charge in [-0.15, -0.1) is 11.8 Å². The summed E-state index contributed by atoms with van der Waals surface area (Å²) >= 11 is 1.55. The second-order valence-corrected chi connectivity index (χ2v) is 6.87. The monoisotopic (exact) mass is 318 g/mol. The molecule has 1 fully saturated rings. The van der Waals surface area contributed by atoms with E-state index in [4.69, 9.17) is 0 Å². The van der Waals surface area contributed by atoms with Gasteiger partial charge in [0.05, 0.1) is 11.4 Å². The van der Waals surface area contributed by atoms with E-state index < -0.39 is 0 Å². The normalized spacial score (nSPS) is 18.4. The number of carbonyl (C=O) groups is 2. The Morgan fingerprint density at radius 2 is 2.05 bits per heavy atom. The SMILES string of the molecule is CCN(C(=O)CN1C(=O)CSc2ccccc21)C1CCCC1. The Morgan fingerprint density at radius 1 is 1.32 bits per heavy atom. The largest absolute Gasteiger partial charge is 0.338 e. The highest BCUT2D eigenvalue weighted by Crippen LogP contribution is 2.35. The van der Waals surface area contributed by atoms with Gasteiger partial charge in [-0.1, -0.05) is 25.0 Å². The minimum Gasteiger partial charge on any atom is -0.338 e. The number of para-hydroxylation sites is 1. The molecular formula is C17H22N2O2S. The minimum absolute atomic E-state index is 0.0273. The van der Waals surface area contributed by atoms with E-state index in [0.717, 1.165) is 30.0 Å². The average Bonchev–Trinajstić information content (AvgIpc) is 3.05. The van der Waals surface area contributed by atoms with Gasteiger partial charge in [-0.3, -0.25) is 9.59 Å². The first-order chi connectivity index (χ1) is 10.7. The van der Waals surface area contributed by atoms with Crippen LogP contribution in [0, 0.1) is 0 Å². The van der Waals surface area contributed by atoms with E-state index >= 15 is 0 Å². The molecule has 0 spiro atoms. The van der Waals surface area contributed by atoms with Gasteiger partial charge in [0.1, 0.15) is 6.54 Å². The predicted molar refractivity (Wildman–Crippen MR) is 89.2 cm³/mol. The number of carbonyl (C=O) groups excluding carboxylic acids is 2. The maximum Gasteiger partial charge on any atom is 0.242 e. The lowest BCUT2D eigenvalue weighted by Gasteiger charge is -2.33. The third-order valence-electron chi connectivity index (χ3n) is 4.53. The lowest BCUT2D eigenvalue weighted by molar-refractivity contribution is -0.133. The molecule has 22 heavy (non-hydrogen) atoms. The van der Waals surface area contributed by atoms with Crippen molar-refractivity contribution in [2.24, 2.45) is 0 Å². The molecule has 1 saturated carbocycles. The van der Waals surface area contributed by atoms with Crippen LogP contribution in [0.2, 0.25) is 0 Å². The Balaban J connectivity index is 1.76. The summed E-state index contributed by atoms with van der Waals surface area (Å²) in [6.45, 7) is 2.92. The van der Waals surface area contributed by atoms with E-state index in [-0.39, 0.29) is 18.4 Å². The minimum atomic E-state index is 0.0273. The summed E-state index contributed by atoms with van der Waals surface area (Å²) in [7, 11) is 0. The Morgan fingerprint density at radius 3 is 2.77 bits per heavy atom. The van der Waals surface area contributed by atoms with E-state index in [0.29, 0.717) is 11.8 Å². The van der Waals surface area contributed by atoms with Gasteiger partial charge in [0, 0.05) is 17.5 Å². The molecule has 1 aliphatic carbocycles. The van der Waals surface area contributed by atoms with Crippen LogP contribution in [0.15, 0.2) is 29.2 Å². The Hall–Kier alpha value is -1.49. The van der Waals surface area contributed by atoms with Crippen molar-refractivity contribution in [3.05, 3.63) is 24.3 Å². The molecule has 118 valence electrons. The van der Waals surface area contributed by atoms with E-state index in [1.807, 2.05) is 36.1 Å². The summed E-state index contributed by atoms with van der Waals surface area (Å²) in [5, 5.41) is 0. The van der Waals surface area contributed by atoms with E-state index in [1.54, 1.807) is 16.7 Å². The zero-order valence-corrected chi connectivity index (χ0v) is 13.8. The number of hydrogen-bond donors (Lipinski definition) is 0. The summed E-state index contributed by atoms with van der Waals surface area (Å²) in [6.07, 6.45) is 4.60. The second-order valence-electron chi connectivity index (χ2n) is 5.85. The molecule has 0 saturated heterocycles. The van der Waals surface area contributed by atoms with E-state index in [2.05, 4.69) is 0 Å². The maximum absolute atomic E-state index is 12.7. The summed E-state index contributed by atoms with van der Waals surface area (Å²) in [5.41, 5.74) is 0.875. The van der Waals surface area contributed by atoms with Gasteiger partial charge < -0.3 is 9.80 Å². The molecule has 0 radical (unpaired) electrons. The van der Waals surface area contributed by atoms with Crippen LogP contribution < -0.4 is 4.90 Å². The average molecular weight is 318 g/mol. The number of rotatable bonds is 4. The van der Waals surface area contributed by atoms with Crippen LogP contribution in [0.4, 0.5) is 5.69 Å². The highest BCUT2D eigenvalue weighted by atomic mass is 32.2. The molecule has 0 atom stereocenters. The molecule has 0 aromatic heterocycles. The molecule has 0 bridgehead atoms. The van der Waals surface area contributed by atoms with Gasteiger partial charge in [0.25, 0.3) is 0 Å². The lowest BCUT2D eigenvalue weighted by atomic mass is 10.2. The first-order valence-corrected chi connectivity index (χ1v) is 9.01. The molecule has 2 amide bonds. The Labute approximate surface area is 135 Å². The summed E-state index contributed by atoms with van der Waals surface area (Å²) in [6, 6.07) is 8.20. The number of anilines is 1. The first-order valence-electron chi connectivity index (χ1n) is 8.02. The smallest absolute Gasteiger partial charge is 0.242 e. The fraction of sp³-hybridized carbons (Fsp3) is 0.529. The van der Waals surface area contributed by atoms with Crippen LogP contribution in [0.5, 0.6) is 0 Å². The molecular weight excluding hydrogens is 296 g/mol. The standard InChI is InChI=1S/C17H22N2O2S/c1-2-18(13-7-3-4-8-13)16(20)11-19-14-9-5-6-10-15(14)22-12-17(19)21/h5-6,9-10,13H,2-4,7-8,11-12H2,1H3. The predicted octanol–water partition coefficient (Wildman–Crippen LogP) is 2.92. The van der Waals surface area contributed by atoms with Gasteiger partial charge in [-0.25, -0.2) is 0 Å². The summed E-state index contributed by atoms with van der Waals surface area (Å²) in [5.74, 6) is 0.517. The lowest BCUT2D eigenvalue weighted by Crippen LogP contribution is -2.47. The third-order valence-corrected chi connectivity index (χ3v) is 5.58. The van der Waals surface area contributed by atoms with Gasteiger partial charge in [-0.05, 0) is 31.9 Å². The first kappa shape index (κ1) is 15.4. The van der Waals surface area contributed by atoms with Crippen molar-refractivity contribution in [3.63, 3.8) is 0 Å². The summed E-state index contributed by atoms with van der Waals surface area (Å²) in [4.78, 5) is 29.7. The number of nitrogens with zero attached hydrogens (tertiary/aromatic N) is 2. The van der Waals surface area contributed by atoms with E-state index in [1.165, 1.54) is 12.8 Å². The Bertz CT molecular complexity index is 570. The van der Waals surface area contributed by atoms with Crippen molar-refractivity contribution in [1.82, 2.24) is 4.90 Å². The number of thioether (sulfide) groups is 1. The maximum atomic E-state index is 12.7. The molecule has 4 nitrogen and oxygen atoms in total. The van der Waals surface area contributed by atoms with Crippen molar-refractivity contribution < 1.29 is 9.59 Å². The van der Waals surface area contributed by atoms with Crippen LogP contribution >= 0.6 is 11.8 Å². The van der Waals surface area contributed by atoms with Crippen molar-refractivity contribution in [2.45, 2.75) is 43.5 Å². The number of benzene rings is 1. The van der Waals surface area contributed by atoms with Gasteiger partial charge in [0.15, 0.2) is 0 Å². The van der Waals surface area contributed by atoms with Crippen LogP contribution in [-0.2, 0) is 9.59 Å². The molecule has 1 aromatic carbocycles.